The first-order valence-corrected chi connectivity index (χ1v) is 8.39. The van der Waals surface area contributed by atoms with Crippen LogP contribution in [-0.4, -0.2) is 37.4 Å². The number of aromatic amines is 1. The number of aliphatic hydroxyl groups is 1. The van der Waals surface area contributed by atoms with Crippen molar-refractivity contribution in [2.75, 3.05) is 6.54 Å². The second-order valence-electron chi connectivity index (χ2n) is 6.25. The second-order valence-corrected chi connectivity index (χ2v) is 6.25. The minimum Gasteiger partial charge on any atom is -0.382 e. The second kappa shape index (κ2) is 6.64. The minimum atomic E-state index is -0.817. The number of carbonyl (C=O) groups excluding carboxylic acids is 1. The number of hydrogen-bond acceptors (Lipinski definition) is 5. The van der Waals surface area contributed by atoms with E-state index in [1.165, 1.54) is 0 Å². The van der Waals surface area contributed by atoms with E-state index in [2.05, 4.69) is 10.3 Å². The van der Waals surface area contributed by atoms with Crippen LogP contribution in [0.2, 0.25) is 0 Å². The van der Waals surface area contributed by atoms with Gasteiger partial charge in [-0.1, -0.05) is 30.3 Å². The molecule has 8 nitrogen and oxygen atoms in total. The van der Waals surface area contributed by atoms with Crippen LogP contribution in [0.1, 0.15) is 40.0 Å². The van der Waals surface area contributed by atoms with Gasteiger partial charge in [0, 0.05) is 13.1 Å². The van der Waals surface area contributed by atoms with Crippen molar-refractivity contribution in [3.63, 3.8) is 0 Å². The fraction of sp³-hybridized carbons (Fsp3) is 0.278. The largest absolute Gasteiger partial charge is 0.382 e. The Kier molecular flexibility index (Phi) is 4.18. The predicted octanol–water partition coefficient (Wildman–Crippen LogP) is 1.29. The lowest BCUT2D eigenvalue weighted by atomic mass is 10.1. The molecule has 0 saturated heterocycles. The van der Waals surface area contributed by atoms with E-state index in [-0.39, 0.29) is 11.7 Å². The molecule has 0 radical (unpaired) electrons. The van der Waals surface area contributed by atoms with Crippen LogP contribution in [0.5, 0.6) is 0 Å². The van der Waals surface area contributed by atoms with Gasteiger partial charge in [0.15, 0.2) is 0 Å². The Hall–Kier alpha value is -3.13. The van der Waals surface area contributed by atoms with Crippen molar-refractivity contribution < 1.29 is 14.4 Å². The molecule has 1 atom stereocenters. The zero-order valence-corrected chi connectivity index (χ0v) is 14.0. The molecule has 0 aliphatic carbocycles. The Labute approximate surface area is 148 Å². The van der Waals surface area contributed by atoms with E-state index in [0.717, 1.165) is 23.7 Å². The van der Waals surface area contributed by atoms with Crippen molar-refractivity contribution in [3.8, 4) is 0 Å². The highest BCUT2D eigenvalue weighted by Crippen LogP contribution is 2.23. The first-order valence-electron chi connectivity index (χ1n) is 8.39. The molecule has 3 heterocycles. The lowest BCUT2D eigenvalue weighted by molar-refractivity contribution is 0.0703. The number of benzene rings is 1. The molecule has 1 amide bonds. The zero-order valence-electron chi connectivity index (χ0n) is 14.0. The molecule has 0 bridgehead atoms. The summed E-state index contributed by atoms with van der Waals surface area (Å²) in [5.41, 5.74) is 1.71. The first-order chi connectivity index (χ1) is 12.6. The Morgan fingerprint density at radius 1 is 1.23 bits per heavy atom. The molecule has 4 rings (SSSR count). The SMILES string of the molecule is O=C(c1cc(=O)[nH]o1)N1CCCn2nc([C@@H](O)c3ccccc3)cc2C1. The number of H-pyrrole nitrogens is 1. The number of aryl methyl sites for hydroxylation is 1. The molecule has 2 N–H and O–H groups in total. The standard InChI is InChI=1S/C18H18N4O4/c23-16-10-15(26-20-16)18(25)21-7-4-8-22-13(11-21)9-14(19-22)17(24)12-5-2-1-3-6-12/h1-3,5-6,9-10,17,24H,4,7-8,11H2,(H,20,23)/t17-/m0/s1. The fourth-order valence-corrected chi connectivity index (χ4v) is 3.14. The molecule has 26 heavy (non-hydrogen) atoms. The van der Waals surface area contributed by atoms with Crippen molar-refractivity contribution in [1.29, 1.82) is 0 Å². The average Bonchev–Trinajstić information content (AvgIpc) is 3.22. The number of aromatic nitrogens is 3. The molecule has 134 valence electrons. The third-order valence-corrected chi connectivity index (χ3v) is 4.45. The molecule has 3 aromatic rings. The van der Waals surface area contributed by atoms with E-state index in [1.807, 2.05) is 41.1 Å². The molecule has 1 aliphatic heterocycles. The van der Waals surface area contributed by atoms with Crippen LogP contribution in [0, 0.1) is 0 Å². The van der Waals surface area contributed by atoms with Crippen LogP contribution in [0.4, 0.5) is 0 Å². The Morgan fingerprint density at radius 3 is 2.77 bits per heavy atom. The van der Waals surface area contributed by atoms with Crippen LogP contribution in [0.25, 0.3) is 0 Å². The number of nitrogens with one attached hydrogen (secondary N) is 1. The summed E-state index contributed by atoms with van der Waals surface area (Å²) in [6.45, 7) is 1.52. The van der Waals surface area contributed by atoms with Crippen molar-refractivity contribution >= 4 is 5.91 Å². The lowest BCUT2D eigenvalue weighted by Gasteiger charge is -2.18. The molecule has 0 unspecified atom stereocenters. The van der Waals surface area contributed by atoms with Gasteiger partial charge in [-0.15, -0.1) is 0 Å². The molecule has 8 heteroatoms. The summed E-state index contributed by atoms with van der Waals surface area (Å²) >= 11 is 0. The van der Waals surface area contributed by atoms with Gasteiger partial charge >= 0.3 is 0 Å². The minimum absolute atomic E-state index is 0.00694. The van der Waals surface area contributed by atoms with E-state index < -0.39 is 11.7 Å². The van der Waals surface area contributed by atoms with Crippen molar-refractivity contribution in [3.05, 3.63) is 75.5 Å². The van der Waals surface area contributed by atoms with Crippen molar-refractivity contribution in [2.45, 2.75) is 25.6 Å². The smallest absolute Gasteiger partial charge is 0.292 e. The van der Waals surface area contributed by atoms with Gasteiger partial charge in [-0.3, -0.25) is 14.3 Å². The molecule has 0 saturated carbocycles. The predicted molar refractivity (Wildman–Crippen MR) is 91.4 cm³/mol. The lowest BCUT2D eigenvalue weighted by Crippen LogP contribution is -2.30. The highest BCUT2D eigenvalue weighted by atomic mass is 16.5. The average molecular weight is 354 g/mol. The van der Waals surface area contributed by atoms with Gasteiger partial charge in [0.25, 0.3) is 11.5 Å². The maximum atomic E-state index is 12.5. The van der Waals surface area contributed by atoms with Gasteiger partial charge in [-0.05, 0) is 18.1 Å². The number of carbonyl (C=O) groups is 1. The van der Waals surface area contributed by atoms with E-state index in [1.54, 1.807) is 4.90 Å². The van der Waals surface area contributed by atoms with E-state index in [4.69, 9.17) is 4.52 Å². The van der Waals surface area contributed by atoms with Gasteiger partial charge in [-0.25, -0.2) is 0 Å². The van der Waals surface area contributed by atoms with Gasteiger partial charge < -0.3 is 14.5 Å². The highest BCUT2D eigenvalue weighted by Gasteiger charge is 2.25. The molecule has 0 spiro atoms. The maximum absolute atomic E-state index is 12.5. The number of fused-ring (bicyclic) bond motifs is 1. The fourth-order valence-electron chi connectivity index (χ4n) is 3.14. The number of nitrogens with zero attached hydrogens (tertiary/aromatic N) is 3. The van der Waals surface area contributed by atoms with Gasteiger partial charge in [0.2, 0.25) is 5.76 Å². The van der Waals surface area contributed by atoms with Crippen LogP contribution in [0.15, 0.2) is 51.8 Å². The molecule has 1 aromatic carbocycles. The maximum Gasteiger partial charge on any atom is 0.292 e. The summed E-state index contributed by atoms with van der Waals surface area (Å²) in [5.74, 6) is -0.351. The van der Waals surface area contributed by atoms with Crippen LogP contribution < -0.4 is 5.56 Å². The van der Waals surface area contributed by atoms with Gasteiger partial charge in [-0.2, -0.15) is 10.3 Å². The summed E-state index contributed by atoms with van der Waals surface area (Å²) in [4.78, 5) is 25.3. The monoisotopic (exact) mass is 354 g/mol. The zero-order chi connectivity index (χ0) is 18.1. The summed E-state index contributed by atoms with van der Waals surface area (Å²) < 4.78 is 6.74. The highest BCUT2D eigenvalue weighted by molar-refractivity contribution is 5.91. The third-order valence-electron chi connectivity index (χ3n) is 4.45. The van der Waals surface area contributed by atoms with Crippen LogP contribution in [-0.2, 0) is 13.1 Å². The number of amides is 1. The Morgan fingerprint density at radius 2 is 2.04 bits per heavy atom. The van der Waals surface area contributed by atoms with E-state index in [0.29, 0.717) is 25.3 Å². The van der Waals surface area contributed by atoms with E-state index >= 15 is 0 Å². The molecule has 2 aromatic heterocycles. The third kappa shape index (κ3) is 3.06. The van der Waals surface area contributed by atoms with Crippen LogP contribution >= 0.6 is 0 Å². The quantitative estimate of drug-likeness (QED) is 0.737. The topological polar surface area (TPSA) is 104 Å². The van der Waals surface area contributed by atoms with Gasteiger partial charge in [0.1, 0.15) is 6.10 Å². The number of rotatable bonds is 3. The normalized spacial score (nSPS) is 15.3. The molecular formula is C18H18N4O4. The van der Waals surface area contributed by atoms with Crippen molar-refractivity contribution in [1.82, 2.24) is 19.8 Å². The number of aliphatic hydroxyl groups excluding tert-OH is 1. The molecular weight excluding hydrogens is 336 g/mol. The summed E-state index contributed by atoms with van der Waals surface area (Å²) in [7, 11) is 0. The summed E-state index contributed by atoms with van der Waals surface area (Å²) in [5, 5.41) is 17.2. The summed E-state index contributed by atoms with van der Waals surface area (Å²) in [6.07, 6.45) is -0.0990. The molecule has 0 fully saturated rings. The Bertz CT molecular complexity index is 972. The van der Waals surface area contributed by atoms with Crippen LogP contribution in [0.3, 0.4) is 0 Å². The molecule has 1 aliphatic rings. The van der Waals surface area contributed by atoms with E-state index in [9.17, 15) is 14.7 Å². The van der Waals surface area contributed by atoms with Crippen molar-refractivity contribution in [2.24, 2.45) is 0 Å². The summed E-state index contributed by atoms with van der Waals surface area (Å²) in [6, 6.07) is 12.3. The number of hydrogen-bond donors (Lipinski definition) is 2. The van der Waals surface area contributed by atoms with Gasteiger partial charge in [0.05, 0.1) is 24.0 Å². The Balaban J connectivity index is 1.58. The first kappa shape index (κ1) is 16.3.